The highest BCUT2D eigenvalue weighted by molar-refractivity contribution is 5.99. The van der Waals surface area contributed by atoms with Gasteiger partial charge in [0, 0.05) is 24.8 Å². The molecule has 0 aromatic heterocycles. The molecular weight excluding hydrogens is 435 g/mol. The van der Waals surface area contributed by atoms with Crippen LogP contribution in [0.5, 0.6) is 0 Å². The number of carbonyl (C=O) groups excluding carboxylic acids is 2. The third-order valence-electron chi connectivity index (χ3n) is 6.45. The molecule has 2 atom stereocenters. The van der Waals surface area contributed by atoms with Gasteiger partial charge in [0.2, 0.25) is 5.91 Å². The fourth-order valence-electron chi connectivity index (χ4n) is 3.97. The van der Waals surface area contributed by atoms with Crippen LogP contribution >= 0.6 is 0 Å². The van der Waals surface area contributed by atoms with Crippen LogP contribution in [0.25, 0.3) is 0 Å². The van der Waals surface area contributed by atoms with Crippen LogP contribution in [0.2, 0.25) is 0 Å². The number of hydrogen-bond acceptors (Lipinski definition) is 4. The van der Waals surface area contributed by atoms with Gasteiger partial charge in [0.1, 0.15) is 5.82 Å². The van der Waals surface area contributed by atoms with Gasteiger partial charge < -0.3 is 15.4 Å². The van der Waals surface area contributed by atoms with Gasteiger partial charge in [0.25, 0.3) is 5.91 Å². The minimum Gasteiger partial charge on any atom is -0.385 e. The molecule has 0 radical (unpaired) electrons. The van der Waals surface area contributed by atoms with E-state index in [2.05, 4.69) is 10.6 Å². The van der Waals surface area contributed by atoms with Crippen LogP contribution in [0, 0.1) is 17.1 Å². The Morgan fingerprint density at radius 2 is 1.97 bits per heavy atom. The third kappa shape index (κ3) is 5.99. The van der Waals surface area contributed by atoms with Crippen LogP contribution in [0.4, 0.5) is 4.39 Å². The molecule has 1 heterocycles. The second-order valence-electron chi connectivity index (χ2n) is 9.27. The number of ether oxygens (including phenoxy) is 1. The number of benzene rings is 2. The molecule has 0 aliphatic carbocycles. The van der Waals surface area contributed by atoms with Crippen LogP contribution < -0.4 is 10.6 Å². The second-order valence-corrected chi connectivity index (χ2v) is 9.27. The Balaban J connectivity index is 1.77. The van der Waals surface area contributed by atoms with Crippen molar-refractivity contribution in [3.63, 3.8) is 0 Å². The first-order valence-corrected chi connectivity index (χ1v) is 11.4. The zero-order valence-corrected chi connectivity index (χ0v) is 20.2. The molecule has 8 heteroatoms. The number of guanidine groups is 1. The van der Waals surface area contributed by atoms with Gasteiger partial charge in [-0.15, -0.1) is 0 Å². The standard InChI is InChI=1S/C26H33FN4O3/c1-17(2)26(3)15-23(32)31(25(28)30-26)16-18-12-20(14-21(27)13-18)24(33)29-22(10-11-34-4)19-8-6-5-7-9-19/h5-9,12-14,17,22H,10-11,15-16H2,1-4H3,(H2,28,30)(H,29,33)/t22-,26-/m0/s1. The first kappa shape index (κ1) is 25.4. The SMILES string of the molecule is COCC[C@H](NC(=O)c1cc(F)cc(CN2C(=N)N[C@](C)(C(C)C)CC2=O)c1)c1ccccc1. The molecule has 7 nitrogen and oxygen atoms in total. The van der Waals surface area contributed by atoms with E-state index in [-0.39, 0.29) is 42.4 Å². The summed E-state index contributed by atoms with van der Waals surface area (Å²) in [5.74, 6) is -1.08. The third-order valence-corrected chi connectivity index (χ3v) is 6.45. The molecule has 0 saturated carbocycles. The lowest BCUT2D eigenvalue weighted by Gasteiger charge is -2.43. The number of halogens is 1. The molecule has 1 fully saturated rings. The molecule has 0 unspecified atom stereocenters. The fraction of sp³-hybridized carbons (Fsp3) is 0.423. The van der Waals surface area contributed by atoms with E-state index in [1.807, 2.05) is 51.1 Å². The van der Waals surface area contributed by atoms with E-state index in [0.29, 0.717) is 18.6 Å². The molecule has 2 amide bonds. The van der Waals surface area contributed by atoms with Gasteiger partial charge >= 0.3 is 0 Å². The molecule has 34 heavy (non-hydrogen) atoms. The Hall–Kier alpha value is -3.26. The molecule has 1 aliphatic heterocycles. The molecule has 0 bridgehead atoms. The van der Waals surface area contributed by atoms with Crippen molar-refractivity contribution in [1.29, 1.82) is 5.41 Å². The van der Waals surface area contributed by atoms with E-state index in [4.69, 9.17) is 10.1 Å². The minimum atomic E-state index is -0.577. The van der Waals surface area contributed by atoms with Gasteiger partial charge in [-0.25, -0.2) is 4.39 Å². The quantitative estimate of drug-likeness (QED) is 0.518. The van der Waals surface area contributed by atoms with Crippen molar-refractivity contribution in [1.82, 2.24) is 15.5 Å². The van der Waals surface area contributed by atoms with Gasteiger partial charge in [0.15, 0.2) is 5.96 Å². The second kappa shape index (κ2) is 10.8. The molecule has 3 rings (SSSR count). The number of amides is 2. The van der Waals surface area contributed by atoms with Gasteiger partial charge in [-0.05, 0) is 48.6 Å². The number of rotatable bonds is 9. The summed E-state index contributed by atoms with van der Waals surface area (Å²) in [6, 6.07) is 13.3. The molecule has 2 aromatic carbocycles. The average molecular weight is 469 g/mol. The van der Waals surface area contributed by atoms with E-state index in [9.17, 15) is 14.0 Å². The number of methoxy groups -OCH3 is 1. The maximum Gasteiger partial charge on any atom is 0.251 e. The number of carbonyl (C=O) groups is 2. The molecule has 1 saturated heterocycles. The maximum absolute atomic E-state index is 14.5. The van der Waals surface area contributed by atoms with E-state index in [1.165, 1.54) is 17.0 Å². The summed E-state index contributed by atoms with van der Waals surface area (Å²) in [5.41, 5.74) is 1.01. The Bertz CT molecular complexity index is 1020. The Kier molecular flexibility index (Phi) is 8.04. The predicted molar refractivity (Wildman–Crippen MR) is 129 cm³/mol. The van der Waals surface area contributed by atoms with Crippen LogP contribution in [0.1, 0.15) is 61.1 Å². The lowest BCUT2D eigenvalue weighted by molar-refractivity contribution is -0.131. The zero-order valence-electron chi connectivity index (χ0n) is 20.2. The van der Waals surface area contributed by atoms with E-state index in [1.54, 1.807) is 13.2 Å². The lowest BCUT2D eigenvalue weighted by atomic mass is 9.83. The number of nitrogens with zero attached hydrogens (tertiary/aromatic N) is 1. The van der Waals surface area contributed by atoms with Crippen molar-refractivity contribution >= 4 is 17.8 Å². The van der Waals surface area contributed by atoms with Crippen molar-refractivity contribution < 1.29 is 18.7 Å². The number of nitrogens with one attached hydrogen (secondary N) is 3. The van der Waals surface area contributed by atoms with Gasteiger partial charge in [0.05, 0.1) is 19.0 Å². The molecule has 1 aliphatic rings. The average Bonchev–Trinajstić information content (AvgIpc) is 2.79. The summed E-state index contributed by atoms with van der Waals surface area (Å²) in [7, 11) is 1.60. The smallest absolute Gasteiger partial charge is 0.251 e. The predicted octanol–water partition coefficient (Wildman–Crippen LogP) is 4.00. The highest BCUT2D eigenvalue weighted by atomic mass is 19.1. The van der Waals surface area contributed by atoms with Crippen molar-refractivity contribution in [2.24, 2.45) is 5.92 Å². The van der Waals surface area contributed by atoms with Crippen molar-refractivity contribution in [2.75, 3.05) is 13.7 Å². The minimum absolute atomic E-state index is 0.00265. The Labute approximate surface area is 200 Å². The van der Waals surface area contributed by atoms with E-state index >= 15 is 0 Å². The highest BCUT2D eigenvalue weighted by Crippen LogP contribution is 2.27. The van der Waals surface area contributed by atoms with Crippen LogP contribution in [0.15, 0.2) is 48.5 Å². The summed E-state index contributed by atoms with van der Waals surface area (Å²) in [4.78, 5) is 27.1. The van der Waals surface area contributed by atoms with Gasteiger partial charge in [-0.3, -0.25) is 19.9 Å². The summed E-state index contributed by atoms with van der Waals surface area (Å²) < 4.78 is 19.6. The topological polar surface area (TPSA) is 94.5 Å². The van der Waals surface area contributed by atoms with Crippen LogP contribution in [0.3, 0.4) is 0 Å². The molecule has 3 N–H and O–H groups in total. The van der Waals surface area contributed by atoms with E-state index < -0.39 is 17.3 Å². The summed E-state index contributed by atoms with van der Waals surface area (Å²) >= 11 is 0. The molecule has 182 valence electrons. The zero-order chi connectivity index (χ0) is 24.9. The first-order chi connectivity index (χ1) is 16.1. The van der Waals surface area contributed by atoms with Gasteiger partial charge in [-0.1, -0.05) is 44.2 Å². The molecule has 0 spiro atoms. The summed E-state index contributed by atoms with van der Waals surface area (Å²) in [6.45, 7) is 6.36. The van der Waals surface area contributed by atoms with Crippen LogP contribution in [-0.2, 0) is 16.1 Å². The van der Waals surface area contributed by atoms with Crippen LogP contribution in [-0.4, -0.2) is 41.9 Å². The summed E-state index contributed by atoms with van der Waals surface area (Å²) in [5, 5.41) is 14.4. The summed E-state index contributed by atoms with van der Waals surface area (Å²) in [6.07, 6.45) is 0.794. The van der Waals surface area contributed by atoms with Crippen molar-refractivity contribution in [3.8, 4) is 0 Å². The normalized spacial score (nSPS) is 19.2. The van der Waals surface area contributed by atoms with Crippen molar-refractivity contribution in [3.05, 3.63) is 71.0 Å². The Morgan fingerprint density at radius 3 is 2.59 bits per heavy atom. The highest BCUT2D eigenvalue weighted by Gasteiger charge is 2.40. The molecular formula is C26H33FN4O3. The molecule has 2 aromatic rings. The monoisotopic (exact) mass is 468 g/mol. The largest absolute Gasteiger partial charge is 0.385 e. The van der Waals surface area contributed by atoms with Crippen molar-refractivity contribution in [2.45, 2.75) is 51.7 Å². The lowest BCUT2D eigenvalue weighted by Crippen LogP contribution is -2.62. The first-order valence-electron chi connectivity index (χ1n) is 11.4. The fourth-order valence-corrected chi connectivity index (χ4v) is 3.97. The number of hydrogen-bond donors (Lipinski definition) is 3. The van der Waals surface area contributed by atoms with Gasteiger partial charge in [-0.2, -0.15) is 0 Å². The van der Waals surface area contributed by atoms with E-state index in [0.717, 1.165) is 5.56 Å². The maximum atomic E-state index is 14.5. The Morgan fingerprint density at radius 1 is 1.26 bits per heavy atom.